The monoisotopic (exact) mass is 290 g/mol. The van der Waals surface area contributed by atoms with Gasteiger partial charge in [0, 0.05) is 18.7 Å². The number of aliphatic hydroxyl groups is 1. The summed E-state index contributed by atoms with van der Waals surface area (Å²) in [5, 5.41) is 9.69. The fourth-order valence-electron chi connectivity index (χ4n) is 2.40. The van der Waals surface area contributed by atoms with Gasteiger partial charge in [-0.25, -0.2) is 4.39 Å². The fourth-order valence-corrected chi connectivity index (χ4v) is 2.40. The summed E-state index contributed by atoms with van der Waals surface area (Å²) in [7, 11) is 0. The van der Waals surface area contributed by atoms with Gasteiger partial charge in [-0.05, 0) is 30.5 Å². The van der Waals surface area contributed by atoms with Crippen molar-refractivity contribution in [2.24, 2.45) is 11.7 Å². The van der Waals surface area contributed by atoms with E-state index >= 15 is 0 Å². The molecule has 2 atom stereocenters. The predicted molar refractivity (Wildman–Crippen MR) is 78.0 cm³/mol. The number of hydrogen-bond acceptors (Lipinski definition) is 3. The number of aliphatic hydroxyl groups excluding tert-OH is 1. The third kappa shape index (κ3) is 3.60. The van der Waals surface area contributed by atoms with Crippen LogP contribution in [0.5, 0.6) is 0 Å². The topological polar surface area (TPSA) is 66.6 Å². The van der Waals surface area contributed by atoms with Crippen molar-refractivity contribution >= 4 is 5.91 Å². The van der Waals surface area contributed by atoms with Gasteiger partial charge in [0.15, 0.2) is 0 Å². The summed E-state index contributed by atoms with van der Waals surface area (Å²) >= 11 is 0. The molecular weight excluding hydrogens is 271 g/mol. The van der Waals surface area contributed by atoms with Gasteiger partial charge in [-0.15, -0.1) is 0 Å². The van der Waals surface area contributed by atoms with Crippen LogP contribution in [-0.4, -0.2) is 41.7 Å². The number of halogens is 1. The van der Waals surface area contributed by atoms with Crippen LogP contribution in [0.25, 0.3) is 0 Å². The Hall–Kier alpha value is -1.90. The maximum absolute atomic E-state index is 13.9. The molecule has 0 aromatic heterocycles. The number of nitrogens with zero attached hydrogens (tertiary/aromatic N) is 1. The van der Waals surface area contributed by atoms with Crippen LogP contribution in [0.2, 0.25) is 0 Å². The summed E-state index contributed by atoms with van der Waals surface area (Å²) in [5.41, 5.74) is 5.78. The van der Waals surface area contributed by atoms with E-state index in [4.69, 9.17) is 5.73 Å². The fraction of sp³-hybridized carbons (Fsp3) is 0.438. The maximum atomic E-state index is 13.9. The second kappa shape index (κ2) is 6.70. The SMILES string of the molecule is CC1CN(C(=O)c2ccc(C#CCN)c(F)c2)CCC1O. The zero-order valence-electron chi connectivity index (χ0n) is 12.0. The van der Waals surface area contributed by atoms with Crippen LogP contribution < -0.4 is 5.73 Å². The van der Waals surface area contributed by atoms with Crippen molar-refractivity contribution in [1.82, 2.24) is 4.90 Å². The molecule has 4 nitrogen and oxygen atoms in total. The van der Waals surface area contributed by atoms with Crippen molar-refractivity contribution in [3.05, 3.63) is 35.1 Å². The summed E-state index contributed by atoms with van der Waals surface area (Å²) in [6, 6.07) is 4.27. The molecule has 1 aliphatic rings. The van der Waals surface area contributed by atoms with Gasteiger partial charge in [0.05, 0.1) is 18.2 Å². The summed E-state index contributed by atoms with van der Waals surface area (Å²) in [6.45, 7) is 3.03. The summed E-state index contributed by atoms with van der Waals surface area (Å²) in [5.74, 6) is 4.50. The normalized spacial score (nSPS) is 21.6. The Kier molecular flexibility index (Phi) is 4.94. The van der Waals surface area contributed by atoms with Gasteiger partial charge in [-0.1, -0.05) is 18.8 Å². The highest BCUT2D eigenvalue weighted by Gasteiger charge is 2.27. The van der Waals surface area contributed by atoms with Gasteiger partial charge >= 0.3 is 0 Å². The van der Waals surface area contributed by atoms with Gasteiger partial charge in [0.2, 0.25) is 0 Å². The third-order valence-electron chi connectivity index (χ3n) is 3.69. The predicted octanol–water partition coefficient (Wildman–Crippen LogP) is 0.979. The van der Waals surface area contributed by atoms with Crippen LogP contribution >= 0.6 is 0 Å². The Balaban J connectivity index is 2.15. The molecule has 2 unspecified atom stereocenters. The third-order valence-corrected chi connectivity index (χ3v) is 3.69. The second-order valence-corrected chi connectivity index (χ2v) is 5.29. The molecule has 5 heteroatoms. The lowest BCUT2D eigenvalue weighted by atomic mass is 9.96. The molecule has 0 bridgehead atoms. The number of likely N-dealkylation sites (tertiary alicyclic amines) is 1. The molecule has 21 heavy (non-hydrogen) atoms. The van der Waals surface area contributed by atoms with Crippen molar-refractivity contribution in [3.63, 3.8) is 0 Å². The highest BCUT2D eigenvalue weighted by atomic mass is 19.1. The number of rotatable bonds is 1. The Labute approximate surface area is 123 Å². The average molecular weight is 290 g/mol. The minimum Gasteiger partial charge on any atom is -0.393 e. The number of nitrogens with two attached hydrogens (primary N) is 1. The first-order valence-electron chi connectivity index (χ1n) is 6.98. The zero-order chi connectivity index (χ0) is 15.4. The molecule has 1 saturated heterocycles. The number of hydrogen-bond donors (Lipinski definition) is 2. The van der Waals surface area contributed by atoms with E-state index in [9.17, 15) is 14.3 Å². The first kappa shape index (κ1) is 15.5. The number of amides is 1. The molecule has 0 aliphatic carbocycles. The van der Waals surface area contributed by atoms with Crippen LogP contribution in [0.4, 0.5) is 4.39 Å². The van der Waals surface area contributed by atoms with Gasteiger partial charge in [0.25, 0.3) is 5.91 Å². The van der Waals surface area contributed by atoms with Gasteiger partial charge < -0.3 is 15.7 Å². The Morgan fingerprint density at radius 2 is 2.33 bits per heavy atom. The van der Waals surface area contributed by atoms with E-state index in [1.807, 2.05) is 6.92 Å². The first-order valence-corrected chi connectivity index (χ1v) is 6.98. The van der Waals surface area contributed by atoms with Crippen molar-refractivity contribution < 1.29 is 14.3 Å². The van der Waals surface area contributed by atoms with Crippen LogP contribution in [0.15, 0.2) is 18.2 Å². The number of benzene rings is 1. The van der Waals surface area contributed by atoms with E-state index in [-0.39, 0.29) is 30.0 Å². The molecule has 0 spiro atoms. The molecule has 1 aromatic carbocycles. The zero-order valence-corrected chi connectivity index (χ0v) is 12.0. The van der Waals surface area contributed by atoms with E-state index in [1.54, 1.807) is 11.0 Å². The van der Waals surface area contributed by atoms with Gasteiger partial charge in [-0.2, -0.15) is 0 Å². The summed E-state index contributed by atoms with van der Waals surface area (Å²) in [6.07, 6.45) is 0.176. The lowest BCUT2D eigenvalue weighted by molar-refractivity contribution is 0.0297. The molecule has 1 aromatic rings. The number of carbonyl (C=O) groups excluding carboxylic acids is 1. The molecule has 0 radical (unpaired) electrons. The smallest absolute Gasteiger partial charge is 0.253 e. The van der Waals surface area contributed by atoms with Crippen LogP contribution in [0.1, 0.15) is 29.3 Å². The number of carbonyl (C=O) groups is 1. The minimum atomic E-state index is -0.521. The van der Waals surface area contributed by atoms with Crippen LogP contribution in [0, 0.1) is 23.6 Å². The van der Waals surface area contributed by atoms with Crippen molar-refractivity contribution in [3.8, 4) is 11.8 Å². The van der Waals surface area contributed by atoms with Crippen molar-refractivity contribution in [2.45, 2.75) is 19.4 Å². The number of piperidine rings is 1. The molecule has 1 fully saturated rings. The standard InChI is InChI=1S/C16H19FN2O2/c1-11-10-19(8-6-15(11)20)16(21)13-5-4-12(3-2-7-18)14(17)9-13/h4-5,9,11,15,20H,6-8,10,18H2,1H3. The van der Waals surface area contributed by atoms with E-state index in [0.717, 1.165) is 0 Å². The van der Waals surface area contributed by atoms with Crippen LogP contribution in [0.3, 0.4) is 0 Å². The highest BCUT2D eigenvalue weighted by molar-refractivity contribution is 5.94. The van der Waals surface area contributed by atoms with E-state index in [1.165, 1.54) is 12.1 Å². The second-order valence-electron chi connectivity index (χ2n) is 5.29. The quantitative estimate of drug-likeness (QED) is 0.758. The minimum absolute atomic E-state index is 0.0299. The van der Waals surface area contributed by atoms with Gasteiger partial charge in [-0.3, -0.25) is 4.79 Å². The summed E-state index contributed by atoms with van der Waals surface area (Å²) in [4.78, 5) is 14.0. The Bertz CT molecular complexity index is 592. The molecule has 1 heterocycles. The van der Waals surface area contributed by atoms with Crippen molar-refractivity contribution in [1.29, 1.82) is 0 Å². The molecule has 0 saturated carbocycles. The molecule has 2 rings (SSSR count). The Morgan fingerprint density at radius 1 is 1.57 bits per heavy atom. The lowest BCUT2D eigenvalue weighted by Gasteiger charge is -2.34. The van der Waals surface area contributed by atoms with Crippen molar-refractivity contribution in [2.75, 3.05) is 19.6 Å². The molecule has 112 valence electrons. The highest BCUT2D eigenvalue weighted by Crippen LogP contribution is 2.19. The average Bonchev–Trinajstić information content (AvgIpc) is 2.48. The summed E-state index contributed by atoms with van der Waals surface area (Å²) < 4.78 is 13.9. The molecular formula is C16H19FN2O2. The molecule has 1 aliphatic heterocycles. The largest absolute Gasteiger partial charge is 0.393 e. The van der Waals surface area contributed by atoms with E-state index < -0.39 is 5.82 Å². The molecule has 3 N–H and O–H groups in total. The molecule has 1 amide bonds. The van der Waals surface area contributed by atoms with Crippen LogP contribution in [-0.2, 0) is 0 Å². The van der Waals surface area contributed by atoms with E-state index in [0.29, 0.717) is 25.1 Å². The maximum Gasteiger partial charge on any atom is 0.253 e. The first-order chi connectivity index (χ1) is 10.0. The lowest BCUT2D eigenvalue weighted by Crippen LogP contribution is -2.45. The van der Waals surface area contributed by atoms with Gasteiger partial charge in [0.1, 0.15) is 5.82 Å². The Morgan fingerprint density at radius 3 is 2.95 bits per heavy atom. The van der Waals surface area contributed by atoms with E-state index in [2.05, 4.69) is 11.8 Å².